The van der Waals surface area contributed by atoms with Crippen LogP contribution in [0.5, 0.6) is 0 Å². The molecule has 0 spiro atoms. The molecule has 2 heteroatoms. The molecule has 1 aliphatic rings. The van der Waals surface area contributed by atoms with E-state index in [0.717, 1.165) is 0 Å². The van der Waals surface area contributed by atoms with E-state index in [1.807, 2.05) is 10.7 Å². The first-order chi connectivity index (χ1) is 2.89. The van der Waals surface area contributed by atoms with E-state index < -0.39 is 0 Å². The van der Waals surface area contributed by atoms with Gasteiger partial charge in [-0.05, 0) is 0 Å². The van der Waals surface area contributed by atoms with Crippen molar-refractivity contribution in [2.24, 2.45) is 0 Å². The highest BCUT2D eigenvalue weighted by Gasteiger charge is 2.18. The maximum Gasteiger partial charge on any atom is 0.469 e. The monoisotopic (exact) mass is 116 g/mol. The minimum Gasteiger partial charge on any atom is 0.0292 e. The molecule has 0 N–H and O–H groups in total. The molecule has 1 aliphatic heterocycles. The predicted octanol–water partition coefficient (Wildman–Crippen LogP) is 0.241. The van der Waals surface area contributed by atoms with Gasteiger partial charge >= 0.3 is 4.24 Å². The Morgan fingerprint density at radius 1 is 1.33 bits per heavy atom. The highest BCUT2D eigenvalue weighted by atomic mass is 32.2. The summed E-state index contributed by atoms with van der Waals surface area (Å²) in [5, 5.41) is 4.07. The van der Waals surface area contributed by atoms with Crippen molar-refractivity contribution < 1.29 is 0 Å². The van der Waals surface area contributed by atoms with E-state index in [0.29, 0.717) is 0 Å². The fraction of sp³-hybridized carbons (Fsp3) is 0. The van der Waals surface area contributed by atoms with Crippen molar-refractivity contribution in [3.05, 3.63) is 10.8 Å². The van der Waals surface area contributed by atoms with E-state index in [1.54, 1.807) is 22.7 Å². The van der Waals surface area contributed by atoms with Crippen LogP contribution in [-0.4, -0.2) is 10.7 Å². The highest BCUT2D eigenvalue weighted by Crippen LogP contribution is 1.86. The van der Waals surface area contributed by atoms with Crippen molar-refractivity contribution >= 4 is 33.4 Å². The third-order valence-corrected chi connectivity index (χ3v) is 2.27. The summed E-state index contributed by atoms with van der Waals surface area (Å²) in [6, 6.07) is 0. The van der Waals surface area contributed by atoms with Crippen LogP contribution in [-0.2, 0) is 22.7 Å². The fourth-order valence-corrected chi connectivity index (χ4v) is 1.54. The lowest BCUT2D eigenvalue weighted by Gasteiger charge is -1.32. The summed E-state index contributed by atoms with van der Waals surface area (Å²) in [4.78, 5) is 0. The number of hydrogen-bond donors (Lipinski definition) is 0. The molecule has 0 atom stereocenters. The van der Waals surface area contributed by atoms with Gasteiger partial charge in [0, 0.05) is 6.58 Å². The summed E-state index contributed by atoms with van der Waals surface area (Å²) in [5.41, 5.74) is 0. The van der Waals surface area contributed by atoms with Gasteiger partial charge in [0.15, 0.2) is 0 Å². The van der Waals surface area contributed by atoms with E-state index in [2.05, 4.69) is 6.58 Å². The molecule has 0 aliphatic carbocycles. The summed E-state index contributed by atoms with van der Waals surface area (Å²) in [6.45, 7) is 3.72. The molecule has 0 amide bonds. The van der Waals surface area contributed by atoms with Crippen molar-refractivity contribution in [3.8, 4) is 0 Å². The molecule has 30 valence electrons. The Labute approximate surface area is 44.8 Å². The van der Waals surface area contributed by atoms with Crippen LogP contribution >= 0.6 is 0 Å². The number of hydrogen-bond acceptors (Lipinski definition) is 0. The molecule has 0 aromatic carbocycles. The van der Waals surface area contributed by atoms with E-state index in [9.17, 15) is 0 Å². The van der Waals surface area contributed by atoms with Gasteiger partial charge in [-0.3, -0.25) is 0 Å². The zero-order valence-electron chi connectivity index (χ0n) is 3.18. The van der Waals surface area contributed by atoms with Gasteiger partial charge in [0.05, 0.1) is 0 Å². The summed E-state index contributed by atoms with van der Waals surface area (Å²) >= 11 is 3.37. The molecule has 0 saturated heterocycles. The van der Waals surface area contributed by atoms with E-state index in [-0.39, 0.29) is 0 Å². The third-order valence-electron chi connectivity index (χ3n) is 0.455. The maximum absolute atomic E-state index is 3.72. The second kappa shape index (κ2) is 1.58. The van der Waals surface area contributed by atoms with Crippen LogP contribution in [0.25, 0.3) is 0 Å². The first kappa shape index (κ1) is 4.09. The van der Waals surface area contributed by atoms with Crippen LogP contribution in [0.4, 0.5) is 0 Å². The lowest BCUT2D eigenvalue weighted by atomic mass is 11.0. The van der Waals surface area contributed by atoms with Crippen LogP contribution in [0.2, 0.25) is 0 Å². The molecule has 1 heterocycles. The zero-order chi connectivity index (χ0) is 4.41. The molecule has 6 heavy (non-hydrogen) atoms. The van der Waals surface area contributed by atoms with Crippen molar-refractivity contribution in [1.82, 2.24) is 0 Å². The summed E-state index contributed by atoms with van der Waals surface area (Å²) in [7, 11) is 0. The normalized spacial score (nSPS) is 17.0. The average Bonchev–Trinajstić information content (AvgIpc) is 1.86. The van der Waals surface area contributed by atoms with Gasteiger partial charge in [-0.2, -0.15) is 0 Å². The minimum absolute atomic E-state index is 1.18. The Morgan fingerprint density at radius 3 is 2.00 bits per heavy atom. The second-order valence-corrected chi connectivity index (χ2v) is 3.14. The van der Waals surface area contributed by atoms with Crippen LogP contribution in [0.3, 0.4) is 0 Å². The Bertz CT molecular complexity index is 108. The summed E-state index contributed by atoms with van der Waals surface area (Å²) in [5.74, 6) is 0. The summed E-state index contributed by atoms with van der Waals surface area (Å²) in [6.07, 6.45) is 0. The quantitative estimate of drug-likeness (QED) is 0.314. The Morgan fingerprint density at radius 2 is 1.83 bits per heavy atom. The number of rotatable bonds is 0. The van der Waals surface area contributed by atoms with E-state index >= 15 is 0 Å². The van der Waals surface area contributed by atoms with Gasteiger partial charge in [0.25, 0.3) is 33.4 Å². The zero-order valence-corrected chi connectivity index (χ0v) is 4.81. The smallest absolute Gasteiger partial charge is 0.0292 e. The molecule has 0 unspecified atom stereocenters. The minimum atomic E-state index is 1.18. The van der Waals surface area contributed by atoms with Gasteiger partial charge < -0.3 is 0 Å². The van der Waals surface area contributed by atoms with Crippen LogP contribution < -0.4 is 0 Å². The second-order valence-electron chi connectivity index (χ2n) is 0.880. The van der Waals surface area contributed by atoms with E-state index in [4.69, 9.17) is 0 Å². The van der Waals surface area contributed by atoms with Crippen molar-refractivity contribution in [1.29, 1.82) is 0 Å². The Kier molecular flexibility index (Phi) is 1.08. The van der Waals surface area contributed by atoms with Crippen LogP contribution in [0.1, 0.15) is 0 Å². The van der Waals surface area contributed by atoms with Gasteiger partial charge in [-0.25, -0.2) is 0 Å². The molecular formula is C4H4S2+2. The molecular weight excluding hydrogens is 112 g/mol. The van der Waals surface area contributed by atoms with Crippen LogP contribution in [0, 0.1) is 0 Å². The first-order valence-electron chi connectivity index (χ1n) is 1.57. The van der Waals surface area contributed by atoms with Crippen LogP contribution in [0.15, 0.2) is 10.8 Å². The maximum atomic E-state index is 3.72. The van der Waals surface area contributed by atoms with Crippen molar-refractivity contribution in [2.75, 3.05) is 0 Å². The van der Waals surface area contributed by atoms with Gasteiger partial charge in [-0.15, -0.1) is 0 Å². The SMILES string of the molecule is C=C1[S+]=CC=[S+]1. The summed E-state index contributed by atoms with van der Waals surface area (Å²) < 4.78 is 1.18. The van der Waals surface area contributed by atoms with Gasteiger partial charge in [0.2, 0.25) is 0 Å². The standard InChI is InChI=1S/C4H4S2/c1-4-5-2-3-6-4/h2-3H,1H2/q+2. The van der Waals surface area contributed by atoms with E-state index in [1.165, 1.54) is 4.24 Å². The molecule has 0 radical (unpaired) electrons. The fourth-order valence-electron chi connectivity index (χ4n) is 0.235. The lowest BCUT2D eigenvalue weighted by Crippen LogP contribution is -1.59. The average molecular weight is 116 g/mol. The first-order valence-corrected chi connectivity index (χ1v) is 3.33. The van der Waals surface area contributed by atoms with Crippen molar-refractivity contribution in [3.63, 3.8) is 0 Å². The van der Waals surface area contributed by atoms with Gasteiger partial charge in [-0.1, -0.05) is 0 Å². The molecule has 0 aromatic heterocycles. The molecule has 0 saturated carbocycles. The van der Waals surface area contributed by atoms with Gasteiger partial charge in [0.1, 0.15) is 0 Å². The molecule has 0 aromatic rings. The topological polar surface area (TPSA) is 0 Å². The Hall–Kier alpha value is -0.0800. The molecule has 0 bridgehead atoms. The third kappa shape index (κ3) is 0.698. The Balaban J connectivity index is 2.86. The lowest BCUT2D eigenvalue weighted by molar-refractivity contribution is 2.56. The predicted molar refractivity (Wildman–Crippen MR) is 36.0 cm³/mol. The van der Waals surface area contributed by atoms with Crippen molar-refractivity contribution in [2.45, 2.75) is 0 Å². The molecule has 0 nitrogen and oxygen atoms in total. The largest absolute Gasteiger partial charge is 0.469 e. The molecule has 0 fully saturated rings. The highest BCUT2D eigenvalue weighted by molar-refractivity contribution is 8.06. The molecule has 1 rings (SSSR count).